The summed E-state index contributed by atoms with van der Waals surface area (Å²) in [6, 6.07) is 11.5. The summed E-state index contributed by atoms with van der Waals surface area (Å²) in [6.45, 7) is -0.0277. The molecule has 0 aliphatic rings. The highest BCUT2D eigenvalue weighted by Gasteiger charge is 2.13. The van der Waals surface area contributed by atoms with Gasteiger partial charge in [0.05, 0.1) is 17.2 Å². The lowest BCUT2D eigenvalue weighted by Gasteiger charge is -2.09. The summed E-state index contributed by atoms with van der Waals surface area (Å²) in [5.41, 5.74) is 0.882. The molecule has 0 unspecified atom stereocenters. The average Bonchev–Trinajstić information content (AvgIpc) is 2.48. The first-order valence-electron chi connectivity index (χ1n) is 6.19. The van der Waals surface area contributed by atoms with Crippen molar-refractivity contribution < 1.29 is 9.72 Å². The topological polar surface area (TPSA) is 84.3 Å². The fraction of sp³-hybridized carbons (Fsp3) is 0.0714. The van der Waals surface area contributed by atoms with Crippen LogP contribution in [0.1, 0.15) is 0 Å². The fourth-order valence-electron chi connectivity index (χ4n) is 1.70. The molecule has 2 N–H and O–H groups in total. The number of amides is 1. The molecule has 0 radical (unpaired) electrons. The normalized spacial score (nSPS) is 10.1. The number of nitro groups is 1. The minimum absolute atomic E-state index is 0.0277. The Morgan fingerprint density at radius 1 is 1.27 bits per heavy atom. The van der Waals surface area contributed by atoms with Crippen molar-refractivity contribution >= 4 is 50.5 Å². The quantitative estimate of drug-likeness (QED) is 0.601. The molecule has 0 bridgehead atoms. The van der Waals surface area contributed by atoms with Gasteiger partial charge in [-0.15, -0.1) is 0 Å². The molecular formula is C14H11BrClN3O3. The molecule has 0 aliphatic heterocycles. The van der Waals surface area contributed by atoms with Crippen LogP contribution in [0.4, 0.5) is 17.1 Å². The van der Waals surface area contributed by atoms with Crippen LogP contribution in [0.3, 0.4) is 0 Å². The number of nitrogens with zero attached hydrogens (tertiary/aromatic N) is 1. The molecule has 2 rings (SSSR count). The Hall–Kier alpha value is -2.12. The number of nitrogens with one attached hydrogen (secondary N) is 2. The van der Waals surface area contributed by atoms with E-state index >= 15 is 0 Å². The van der Waals surface area contributed by atoms with E-state index in [4.69, 9.17) is 11.6 Å². The lowest BCUT2D eigenvalue weighted by molar-refractivity contribution is -0.384. The van der Waals surface area contributed by atoms with Crippen molar-refractivity contribution in [3.63, 3.8) is 0 Å². The fourth-order valence-corrected chi connectivity index (χ4v) is 2.27. The Morgan fingerprint density at radius 3 is 2.68 bits per heavy atom. The smallest absolute Gasteiger partial charge is 0.289 e. The van der Waals surface area contributed by atoms with Crippen molar-refractivity contribution in [3.05, 3.63) is 62.1 Å². The van der Waals surface area contributed by atoms with E-state index in [1.807, 2.05) is 12.1 Å². The van der Waals surface area contributed by atoms with Crippen LogP contribution in [0.2, 0.25) is 5.02 Å². The number of rotatable bonds is 5. The first-order chi connectivity index (χ1) is 10.5. The molecule has 0 spiro atoms. The molecule has 114 valence electrons. The maximum absolute atomic E-state index is 11.9. The van der Waals surface area contributed by atoms with Gasteiger partial charge in [0.25, 0.3) is 5.69 Å². The Bertz CT molecular complexity index is 724. The van der Waals surface area contributed by atoms with Gasteiger partial charge in [-0.2, -0.15) is 0 Å². The number of hydrogen-bond donors (Lipinski definition) is 2. The van der Waals surface area contributed by atoms with Gasteiger partial charge >= 0.3 is 0 Å². The Balaban J connectivity index is 1.98. The van der Waals surface area contributed by atoms with E-state index in [1.54, 1.807) is 18.2 Å². The first-order valence-corrected chi connectivity index (χ1v) is 7.36. The molecule has 0 fully saturated rings. The molecule has 0 aliphatic carbocycles. The molecule has 8 heteroatoms. The number of carbonyl (C=O) groups excluding carboxylic acids is 1. The predicted molar refractivity (Wildman–Crippen MR) is 89.4 cm³/mol. The number of anilines is 2. The third-order valence-corrected chi connectivity index (χ3v) is 3.75. The van der Waals surface area contributed by atoms with Gasteiger partial charge in [0.15, 0.2) is 0 Å². The van der Waals surface area contributed by atoms with Gasteiger partial charge in [-0.05, 0) is 40.2 Å². The zero-order valence-electron chi connectivity index (χ0n) is 11.2. The van der Waals surface area contributed by atoms with Crippen LogP contribution in [0.5, 0.6) is 0 Å². The molecule has 22 heavy (non-hydrogen) atoms. The zero-order chi connectivity index (χ0) is 16.1. The van der Waals surface area contributed by atoms with Crippen LogP contribution in [0, 0.1) is 10.1 Å². The summed E-state index contributed by atoms with van der Waals surface area (Å²) in [7, 11) is 0. The highest BCUT2D eigenvalue weighted by Crippen LogP contribution is 2.27. The minimum atomic E-state index is -0.575. The predicted octanol–water partition coefficient (Wildman–Crippen LogP) is 4.06. The number of nitro benzene ring substituents is 1. The van der Waals surface area contributed by atoms with Gasteiger partial charge in [-0.25, -0.2) is 0 Å². The Morgan fingerprint density at radius 2 is 2.00 bits per heavy atom. The largest absolute Gasteiger partial charge is 0.376 e. The van der Waals surface area contributed by atoms with Crippen molar-refractivity contribution in [3.8, 4) is 0 Å². The molecule has 1 amide bonds. The molecule has 0 atom stereocenters. The van der Waals surface area contributed by atoms with Crippen molar-refractivity contribution in [1.29, 1.82) is 0 Å². The van der Waals surface area contributed by atoms with Crippen molar-refractivity contribution in [2.45, 2.75) is 0 Å². The van der Waals surface area contributed by atoms with Gasteiger partial charge in [0.2, 0.25) is 5.91 Å². The summed E-state index contributed by atoms with van der Waals surface area (Å²) in [6.07, 6.45) is 0. The van der Waals surface area contributed by atoms with Crippen LogP contribution >= 0.6 is 27.5 Å². The molecule has 6 nitrogen and oxygen atoms in total. The number of para-hydroxylation sites is 1. The molecular weight excluding hydrogens is 374 g/mol. The molecule has 0 aromatic heterocycles. The second-order valence-corrected chi connectivity index (χ2v) is 5.57. The van der Waals surface area contributed by atoms with Gasteiger partial charge in [0.1, 0.15) is 5.02 Å². The van der Waals surface area contributed by atoms with Gasteiger partial charge < -0.3 is 10.6 Å². The van der Waals surface area contributed by atoms with E-state index in [2.05, 4.69) is 26.6 Å². The Kier molecular flexibility index (Phi) is 5.35. The molecule has 0 saturated heterocycles. The van der Waals surface area contributed by atoms with Crippen LogP contribution < -0.4 is 10.6 Å². The van der Waals surface area contributed by atoms with Gasteiger partial charge in [-0.1, -0.05) is 23.7 Å². The summed E-state index contributed by atoms with van der Waals surface area (Å²) in [4.78, 5) is 22.1. The number of carbonyl (C=O) groups is 1. The summed E-state index contributed by atoms with van der Waals surface area (Å²) < 4.78 is 0.769. The molecule has 2 aromatic rings. The van der Waals surface area contributed by atoms with E-state index in [1.165, 1.54) is 12.1 Å². The maximum atomic E-state index is 11.9. The van der Waals surface area contributed by atoms with E-state index in [-0.39, 0.29) is 23.2 Å². The summed E-state index contributed by atoms with van der Waals surface area (Å²) in [5, 5.41) is 16.4. The van der Waals surface area contributed by atoms with Gasteiger partial charge in [-0.3, -0.25) is 14.9 Å². The van der Waals surface area contributed by atoms with E-state index < -0.39 is 4.92 Å². The highest BCUT2D eigenvalue weighted by molar-refractivity contribution is 9.10. The van der Waals surface area contributed by atoms with Crippen molar-refractivity contribution in [1.82, 2.24) is 0 Å². The van der Waals surface area contributed by atoms with E-state index in [0.29, 0.717) is 11.4 Å². The summed E-state index contributed by atoms with van der Waals surface area (Å²) in [5.74, 6) is -0.274. The minimum Gasteiger partial charge on any atom is -0.376 e. The van der Waals surface area contributed by atoms with Crippen LogP contribution in [0.25, 0.3) is 0 Å². The molecule has 0 heterocycles. The lowest BCUT2D eigenvalue weighted by Crippen LogP contribution is -2.21. The molecule has 2 aromatic carbocycles. The number of hydrogen-bond acceptors (Lipinski definition) is 4. The third kappa shape index (κ3) is 4.19. The monoisotopic (exact) mass is 383 g/mol. The van der Waals surface area contributed by atoms with Crippen LogP contribution in [-0.4, -0.2) is 17.4 Å². The van der Waals surface area contributed by atoms with Crippen LogP contribution in [0.15, 0.2) is 46.9 Å². The third-order valence-electron chi connectivity index (χ3n) is 2.74. The second kappa shape index (κ2) is 7.24. The second-order valence-electron chi connectivity index (χ2n) is 4.30. The standard InChI is InChI=1S/C14H11BrClN3O3/c15-10-3-1-2-4-12(10)18-14(20)8-17-9-5-6-11(16)13(7-9)19(21)22/h1-7,17H,8H2,(H,18,20). The average molecular weight is 385 g/mol. The first kappa shape index (κ1) is 16.3. The highest BCUT2D eigenvalue weighted by atomic mass is 79.9. The van der Waals surface area contributed by atoms with Crippen molar-refractivity contribution in [2.24, 2.45) is 0 Å². The number of benzene rings is 2. The van der Waals surface area contributed by atoms with Crippen LogP contribution in [-0.2, 0) is 4.79 Å². The lowest BCUT2D eigenvalue weighted by atomic mass is 10.2. The Labute approximate surface area is 139 Å². The SMILES string of the molecule is O=C(CNc1ccc(Cl)c([N+](=O)[O-])c1)Nc1ccccc1Br. The van der Waals surface area contributed by atoms with Crippen molar-refractivity contribution in [2.75, 3.05) is 17.2 Å². The summed E-state index contributed by atoms with van der Waals surface area (Å²) >= 11 is 9.05. The van der Waals surface area contributed by atoms with Gasteiger partial charge in [0, 0.05) is 16.2 Å². The number of halogens is 2. The maximum Gasteiger partial charge on any atom is 0.289 e. The van der Waals surface area contributed by atoms with E-state index in [9.17, 15) is 14.9 Å². The van der Waals surface area contributed by atoms with E-state index in [0.717, 1.165) is 4.47 Å². The zero-order valence-corrected chi connectivity index (χ0v) is 13.5. The molecule has 0 saturated carbocycles.